The first-order chi connectivity index (χ1) is 14.2. The molecule has 31 heavy (non-hydrogen) atoms. The van der Waals surface area contributed by atoms with E-state index in [0.29, 0.717) is 38.6 Å². The molecule has 9 heteroatoms. The second kappa shape index (κ2) is 12.7. The standard InChI is InChI=1S/C22H35N5O3.HI/c1-6-23-20(24-12-13-27(7-2)21(29)30-22(3,4)5)25-15-16-14-19(28)26-18-11-9-8-10-17(16)18;/h8-11,16H,6-7,12-15H2,1-5H3,(H,26,28)(H2,23,24,25);1H. The van der Waals surface area contributed by atoms with Gasteiger partial charge in [0.1, 0.15) is 5.60 Å². The number of hydrogen-bond acceptors (Lipinski definition) is 4. The molecule has 1 atom stereocenters. The van der Waals surface area contributed by atoms with Gasteiger partial charge in [0.2, 0.25) is 5.91 Å². The van der Waals surface area contributed by atoms with E-state index in [1.165, 1.54) is 0 Å². The fourth-order valence-electron chi connectivity index (χ4n) is 3.22. The number of nitrogens with one attached hydrogen (secondary N) is 3. The first kappa shape index (κ1) is 27.0. The highest BCUT2D eigenvalue weighted by atomic mass is 127. The topological polar surface area (TPSA) is 95.1 Å². The lowest BCUT2D eigenvalue weighted by atomic mass is 9.91. The second-order valence-electron chi connectivity index (χ2n) is 8.24. The summed E-state index contributed by atoms with van der Waals surface area (Å²) < 4.78 is 5.44. The molecule has 0 aliphatic carbocycles. The van der Waals surface area contributed by atoms with Gasteiger partial charge in [0.05, 0.1) is 6.54 Å². The summed E-state index contributed by atoms with van der Waals surface area (Å²) in [5, 5.41) is 9.40. The van der Waals surface area contributed by atoms with E-state index in [1.54, 1.807) is 4.90 Å². The lowest BCUT2D eigenvalue weighted by molar-refractivity contribution is -0.116. The summed E-state index contributed by atoms with van der Waals surface area (Å²) in [5.41, 5.74) is 1.46. The maximum absolute atomic E-state index is 12.3. The van der Waals surface area contributed by atoms with Gasteiger partial charge in [0.15, 0.2) is 5.96 Å². The molecule has 0 aromatic heterocycles. The molecule has 1 unspecified atom stereocenters. The number of carbonyl (C=O) groups excluding carboxylic acids is 2. The van der Waals surface area contributed by atoms with E-state index in [9.17, 15) is 9.59 Å². The number of anilines is 1. The van der Waals surface area contributed by atoms with Crippen LogP contribution in [0.3, 0.4) is 0 Å². The van der Waals surface area contributed by atoms with Crippen LogP contribution in [0.25, 0.3) is 0 Å². The molecule has 174 valence electrons. The van der Waals surface area contributed by atoms with E-state index < -0.39 is 5.60 Å². The number of para-hydroxylation sites is 1. The van der Waals surface area contributed by atoms with Crippen LogP contribution < -0.4 is 16.0 Å². The van der Waals surface area contributed by atoms with E-state index in [1.807, 2.05) is 58.9 Å². The van der Waals surface area contributed by atoms with Crippen LogP contribution in [0.5, 0.6) is 0 Å². The molecule has 0 radical (unpaired) electrons. The molecular formula is C22H36IN5O3. The third-order valence-corrected chi connectivity index (χ3v) is 4.63. The van der Waals surface area contributed by atoms with Crippen LogP contribution in [0.1, 0.15) is 52.5 Å². The lowest BCUT2D eigenvalue weighted by Gasteiger charge is -2.27. The molecule has 0 bridgehead atoms. The highest BCUT2D eigenvalue weighted by molar-refractivity contribution is 14.0. The van der Waals surface area contributed by atoms with Crippen molar-refractivity contribution < 1.29 is 14.3 Å². The van der Waals surface area contributed by atoms with Crippen molar-refractivity contribution in [1.82, 2.24) is 15.5 Å². The van der Waals surface area contributed by atoms with Gasteiger partial charge < -0.3 is 25.6 Å². The van der Waals surface area contributed by atoms with Crippen molar-refractivity contribution in [3.63, 3.8) is 0 Å². The summed E-state index contributed by atoms with van der Waals surface area (Å²) in [6.07, 6.45) is 0.0981. The minimum atomic E-state index is -0.517. The number of fused-ring (bicyclic) bond motifs is 1. The Bertz CT molecular complexity index is 764. The number of nitrogens with zero attached hydrogens (tertiary/aromatic N) is 2. The SMILES string of the molecule is CCNC(=NCC1CC(=O)Nc2ccccc21)NCCN(CC)C(=O)OC(C)(C)C.I. The number of likely N-dealkylation sites (N-methyl/N-ethyl adjacent to an activating group) is 1. The third-order valence-electron chi connectivity index (χ3n) is 4.63. The van der Waals surface area contributed by atoms with Gasteiger partial charge in [-0.2, -0.15) is 0 Å². The van der Waals surface area contributed by atoms with Crippen molar-refractivity contribution in [3.05, 3.63) is 29.8 Å². The van der Waals surface area contributed by atoms with Crippen LogP contribution in [-0.4, -0.2) is 61.2 Å². The third kappa shape index (κ3) is 8.92. The molecule has 0 fully saturated rings. The summed E-state index contributed by atoms with van der Waals surface area (Å²) >= 11 is 0. The fourth-order valence-corrected chi connectivity index (χ4v) is 3.22. The Morgan fingerprint density at radius 3 is 2.61 bits per heavy atom. The first-order valence-electron chi connectivity index (χ1n) is 10.6. The number of hydrogen-bond donors (Lipinski definition) is 3. The monoisotopic (exact) mass is 545 g/mol. The van der Waals surface area contributed by atoms with Gasteiger partial charge in [0.25, 0.3) is 0 Å². The average Bonchev–Trinajstić information content (AvgIpc) is 2.67. The van der Waals surface area contributed by atoms with Gasteiger partial charge in [0, 0.05) is 44.2 Å². The molecule has 0 saturated carbocycles. The smallest absolute Gasteiger partial charge is 0.410 e. The molecule has 1 aliphatic heterocycles. The van der Waals surface area contributed by atoms with E-state index >= 15 is 0 Å². The van der Waals surface area contributed by atoms with Crippen LogP contribution in [-0.2, 0) is 9.53 Å². The number of amides is 2. The Hall–Kier alpha value is -2.04. The number of aliphatic imine (C=N–C) groups is 1. The minimum Gasteiger partial charge on any atom is -0.444 e. The van der Waals surface area contributed by atoms with E-state index in [-0.39, 0.29) is 41.9 Å². The number of carbonyl (C=O) groups is 2. The van der Waals surface area contributed by atoms with Crippen LogP contribution >= 0.6 is 24.0 Å². The van der Waals surface area contributed by atoms with Gasteiger partial charge in [-0.15, -0.1) is 24.0 Å². The number of benzene rings is 1. The first-order valence-corrected chi connectivity index (χ1v) is 10.6. The van der Waals surface area contributed by atoms with E-state index in [4.69, 9.17) is 4.74 Å². The van der Waals surface area contributed by atoms with Gasteiger partial charge in [-0.05, 0) is 46.2 Å². The van der Waals surface area contributed by atoms with Crippen molar-refractivity contribution in [2.45, 2.75) is 52.6 Å². The summed E-state index contributed by atoms with van der Waals surface area (Å²) in [7, 11) is 0. The summed E-state index contributed by atoms with van der Waals surface area (Å²) in [4.78, 5) is 30.6. The minimum absolute atomic E-state index is 0. The molecule has 0 spiro atoms. The second-order valence-corrected chi connectivity index (χ2v) is 8.24. The maximum atomic E-state index is 12.3. The lowest BCUT2D eigenvalue weighted by Crippen LogP contribution is -2.44. The van der Waals surface area contributed by atoms with Crippen molar-refractivity contribution in [1.29, 1.82) is 0 Å². The van der Waals surface area contributed by atoms with Gasteiger partial charge in [-0.3, -0.25) is 9.79 Å². The largest absolute Gasteiger partial charge is 0.444 e. The Balaban J connectivity index is 0.00000480. The van der Waals surface area contributed by atoms with Crippen molar-refractivity contribution in [2.75, 3.05) is 38.0 Å². The van der Waals surface area contributed by atoms with Gasteiger partial charge in [-0.25, -0.2) is 4.79 Å². The predicted octanol–water partition coefficient (Wildman–Crippen LogP) is 3.54. The molecule has 1 aromatic carbocycles. The van der Waals surface area contributed by atoms with Crippen molar-refractivity contribution >= 4 is 47.6 Å². The zero-order valence-electron chi connectivity index (χ0n) is 19.2. The summed E-state index contributed by atoms with van der Waals surface area (Å²) in [5.74, 6) is 0.725. The van der Waals surface area contributed by atoms with Crippen LogP contribution in [0.2, 0.25) is 0 Å². The molecule has 2 rings (SSSR count). The van der Waals surface area contributed by atoms with Crippen LogP contribution in [0, 0.1) is 0 Å². The number of halogens is 1. The van der Waals surface area contributed by atoms with Crippen molar-refractivity contribution in [2.24, 2.45) is 4.99 Å². The van der Waals surface area contributed by atoms with Crippen LogP contribution in [0.15, 0.2) is 29.3 Å². The summed E-state index contributed by atoms with van der Waals surface area (Å²) in [6, 6.07) is 7.85. The Morgan fingerprint density at radius 2 is 1.97 bits per heavy atom. The maximum Gasteiger partial charge on any atom is 0.410 e. The van der Waals surface area contributed by atoms with Gasteiger partial charge >= 0.3 is 6.09 Å². The molecule has 1 heterocycles. The van der Waals surface area contributed by atoms with Crippen LogP contribution in [0.4, 0.5) is 10.5 Å². The number of guanidine groups is 1. The average molecular weight is 545 g/mol. The van der Waals surface area contributed by atoms with Gasteiger partial charge in [-0.1, -0.05) is 18.2 Å². The molecule has 0 saturated heterocycles. The highest BCUT2D eigenvalue weighted by Gasteiger charge is 2.24. The Labute approximate surface area is 202 Å². The summed E-state index contributed by atoms with van der Waals surface area (Å²) in [6.45, 7) is 12.3. The molecule has 2 amide bonds. The predicted molar refractivity (Wildman–Crippen MR) is 135 cm³/mol. The van der Waals surface area contributed by atoms with E-state index in [2.05, 4.69) is 20.9 Å². The molecule has 8 nitrogen and oxygen atoms in total. The molecule has 3 N–H and O–H groups in total. The zero-order valence-corrected chi connectivity index (χ0v) is 21.5. The highest BCUT2D eigenvalue weighted by Crippen LogP contribution is 2.31. The normalized spacial score (nSPS) is 15.8. The molecular weight excluding hydrogens is 509 g/mol. The quantitative estimate of drug-likeness (QED) is 0.277. The Morgan fingerprint density at radius 1 is 1.26 bits per heavy atom. The Kier molecular flexibility index (Phi) is 11.1. The van der Waals surface area contributed by atoms with Crippen molar-refractivity contribution in [3.8, 4) is 0 Å². The van der Waals surface area contributed by atoms with E-state index in [0.717, 1.165) is 17.8 Å². The zero-order chi connectivity index (χ0) is 22.1. The number of rotatable bonds is 7. The number of ether oxygens (including phenoxy) is 1. The molecule has 1 aliphatic rings. The molecule has 1 aromatic rings. The fraction of sp³-hybridized carbons (Fsp3) is 0.591.